The number of aromatic amines is 1. The standard InChI is InChI=1S/C32H68P.C2H3N3.ClH/c1-5-9-13-17-18-19-20-21-22-23-24-28-32-33(29-25-14-10-6-2,30-26-15-11-7-3)31-27-16-12-8-4;1-3-2-5-4-1;/h5-32H2,1-4H3;1-2H,(H,3,4,5);1H/q+1;;/p-1. The van der Waals surface area contributed by atoms with Crippen LogP contribution >= 0.6 is 7.26 Å². The van der Waals surface area contributed by atoms with Crippen molar-refractivity contribution >= 4 is 7.26 Å². The molecule has 3 nitrogen and oxygen atoms in total. The van der Waals surface area contributed by atoms with Crippen LogP contribution < -0.4 is 12.4 Å². The predicted octanol–water partition coefficient (Wildman–Crippen LogP) is 9.25. The van der Waals surface area contributed by atoms with Gasteiger partial charge in [-0.05, 0) is 51.4 Å². The summed E-state index contributed by atoms with van der Waals surface area (Å²) in [5.74, 6) is 0. The Morgan fingerprint density at radius 1 is 0.436 bits per heavy atom. The molecule has 0 radical (unpaired) electrons. The average molecular weight is 588 g/mol. The van der Waals surface area contributed by atoms with Crippen LogP contribution in [0.15, 0.2) is 12.7 Å². The van der Waals surface area contributed by atoms with Gasteiger partial charge in [-0.25, -0.2) is 4.98 Å². The van der Waals surface area contributed by atoms with Crippen LogP contribution in [0.3, 0.4) is 0 Å². The lowest BCUT2D eigenvalue weighted by Gasteiger charge is -2.28. The van der Waals surface area contributed by atoms with Crippen molar-refractivity contribution in [2.45, 2.75) is 182 Å². The molecule has 0 spiro atoms. The molecular weight excluding hydrogens is 517 g/mol. The Balaban J connectivity index is 0. The SMILES string of the molecule is CCCCCCCCCCCCCC[P+](CCCCCC)(CCCCCC)CCCCCC.[Cl-].c1nc[nH]n1. The number of hydrogen-bond acceptors (Lipinski definition) is 2. The summed E-state index contributed by atoms with van der Waals surface area (Å²) in [5.41, 5.74) is 0. The van der Waals surface area contributed by atoms with Gasteiger partial charge in [0.2, 0.25) is 0 Å². The lowest BCUT2D eigenvalue weighted by molar-refractivity contribution is -0.00000875. The van der Waals surface area contributed by atoms with Crippen LogP contribution in [0.5, 0.6) is 0 Å². The third kappa shape index (κ3) is 29.2. The van der Waals surface area contributed by atoms with Gasteiger partial charge in [0.1, 0.15) is 12.7 Å². The Morgan fingerprint density at radius 3 is 0.949 bits per heavy atom. The van der Waals surface area contributed by atoms with Crippen molar-refractivity contribution in [3.05, 3.63) is 12.7 Å². The maximum atomic E-state index is 3.56. The van der Waals surface area contributed by atoms with E-state index in [1.54, 1.807) is 50.3 Å². The smallest absolute Gasteiger partial charge is 0.137 e. The fraction of sp³-hybridized carbons (Fsp3) is 0.941. The van der Waals surface area contributed by atoms with Crippen LogP contribution in [0, 0.1) is 0 Å². The average Bonchev–Trinajstić information content (AvgIpc) is 3.53. The summed E-state index contributed by atoms with van der Waals surface area (Å²) in [5, 5.41) is 5.99. The largest absolute Gasteiger partial charge is 1.00 e. The zero-order valence-electron chi connectivity index (χ0n) is 27.2. The highest BCUT2D eigenvalue weighted by Gasteiger charge is 2.34. The molecule has 1 aromatic heterocycles. The van der Waals surface area contributed by atoms with E-state index in [0.29, 0.717) is 0 Å². The number of H-pyrrole nitrogens is 1. The van der Waals surface area contributed by atoms with Crippen LogP contribution in [-0.4, -0.2) is 39.8 Å². The van der Waals surface area contributed by atoms with Gasteiger partial charge in [0.25, 0.3) is 0 Å². The summed E-state index contributed by atoms with van der Waals surface area (Å²) in [6, 6.07) is 0. The molecule has 0 aliphatic carbocycles. The summed E-state index contributed by atoms with van der Waals surface area (Å²) in [6.45, 7) is 9.41. The van der Waals surface area contributed by atoms with E-state index >= 15 is 0 Å². The first-order chi connectivity index (χ1) is 18.7. The van der Waals surface area contributed by atoms with Crippen LogP contribution in [-0.2, 0) is 0 Å². The van der Waals surface area contributed by atoms with Gasteiger partial charge in [-0.2, -0.15) is 5.10 Å². The Labute approximate surface area is 253 Å². The van der Waals surface area contributed by atoms with E-state index in [0.717, 1.165) is 0 Å². The van der Waals surface area contributed by atoms with Crippen LogP contribution in [0.1, 0.15) is 182 Å². The van der Waals surface area contributed by atoms with E-state index in [9.17, 15) is 0 Å². The zero-order valence-corrected chi connectivity index (χ0v) is 28.8. The minimum Gasteiger partial charge on any atom is -1.00 e. The first-order valence-corrected chi connectivity index (χ1v) is 19.9. The molecule has 5 heteroatoms. The molecule has 0 aromatic carbocycles. The molecule has 0 unspecified atom stereocenters. The van der Waals surface area contributed by atoms with E-state index in [1.165, 1.54) is 141 Å². The normalized spacial score (nSPS) is 11.2. The van der Waals surface area contributed by atoms with E-state index in [-0.39, 0.29) is 12.4 Å². The second-order valence-electron chi connectivity index (χ2n) is 12.0. The van der Waals surface area contributed by atoms with Gasteiger partial charge < -0.3 is 12.4 Å². The highest BCUT2D eigenvalue weighted by atomic mass is 35.5. The van der Waals surface area contributed by atoms with E-state index in [2.05, 4.69) is 42.9 Å². The van der Waals surface area contributed by atoms with Crippen molar-refractivity contribution in [2.75, 3.05) is 24.6 Å². The van der Waals surface area contributed by atoms with Crippen molar-refractivity contribution in [3.63, 3.8) is 0 Å². The molecule has 1 rings (SSSR count). The zero-order chi connectivity index (χ0) is 27.8. The number of unbranched alkanes of at least 4 members (excludes halogenated alkanes) is 20. The minimum absolute atomic E-state index is 0. The quantitative estimate of drug-likeness (QED) is 0.0784. The van der Waals surface area contributed by atoms with E-state index < -0.39 is 7.26 Å². The Kier molecular flexibility index (Phi) is 35.8. The van der Waals surface area contributed by atoms with E-state index in [4.69, 9.17) is 0 Å². The fourth-order valence-corrected chi connectivity index (χ4v) is 10.7. The van der Waals surface area contributed by atoms with Crippen molar-refractivity contribution in [3.8, 4) is 0 Å². The molecule has 0 saturated carbocycles. The number of rotatable bonds is 28. The number of nitrogens with zero attached hydrogens (tertiary/aromatic N) is 2. The number of nitrogens with one attached hydrogen (secondary N) is 1. The van der Waals surface area contributed by atoms with Crippen LogP contribution in [0.4, 0.5) is 0 Å². The lowest BCUT2D eigenvalue weighted by Crippen LogP contribution is -3.00. The highest BCUT2D eigenvalue weighted by Crippen LogP contribution is 2.61. The maximum Gasteiger partial charge on any atom is 0.137 e. The van der Waals surface area contributed by atoms with Gasteiger partial charge in [-0.3, -0.25) is 5.10 Å². The second kappa shape index (κ2) is 34.1. The van der Waals surface area contributed by atoms with Gasteiger partial charge in [0.05, 0.1) is 24.6 Å². The molecule has 0 fully saturated rings. The number of halogens is 1. The Bertz CT molecular complexity index is 478. The van der Waals surface area contributed by atoms with Crippen molar-refractivity contribution in [1.29, 1.82) is 0 Å². The molecule has 39 heavy (non-hydrogen) atoms. The minimum atomic E-state index is -0.697. The van der Waals surface area contributed by atoms with Crippen molar-refractivity contribution in [2.24, 2.45) is 0 Å². The first kappa shape index (κ1) is 41.0. The lowest BCUT2D eigenvalue weighted by atomic mass is 10.1. The monoisotopic (exact) mass is 588 g/mol. The van der Waals surface area contributed by atoms with Gasteiger partial charge in [0, 0.05) is 7.26 Å². The van der Waals surface area contributed by atoms with Crippen LogP contribution in [0.25, 0.3) is 0 Å². The number of hydrogen-bond donors (Lipinski definition) is 1. The maximum absolute atomic E-state index is 3.56. The molecule has 0 aliphatic heterocycles. The van der Waals surface area contributed by atoms with Gasteiger partial charge >= 0.3 is 0 Å². The molecule has 0 saturated heterocycles. The summed E-state index contributed by atoms with van der Waals surface area (Å²) in [4.78, 5) is 3.56. The van der Waals surface area contributed by atoms with Crippen molar-refractivity contribution < 1.29 is 12.4 Å². The van der Waals surface area contributed by atoms with Crippen LogP contribution in [0.2, 0.25) is 0 Å². The first-order valence-electron chi connectivity index (χ1n) is 17.4. The third-order valence-electron chi connectivity index (χ3n) is 8.28. The molecular formula is C34H71ClN3P. The predicted molar refractivity (Wildman–Crippen MR) is 176 cm³/mol. The highest BCUT2D eigenvalue weighted by molar-refractivity contribution is 7.75. The summed E-state index contributed by atoms with van der Waals surface area (Å²) >= 11 is 0. The molecule has 0 aliphatic rings. The molecule has 1 aromatic rings. The third-order valence-corrected chi connectivity index (χ3v) is 13.3. The van der Waals surface area contributed by atoms with Gasteiger partial charge in [0.15, 0.2) is 0 Å². The Morgan fingerprint density at radius 2 is 0.718 bits per heavy atom. The van der Waals surface area contributed by atoms with E-state index in [1.807, 2.05) is 0 Å². The summed E-state index contributed by atoms with van der Waals surface area (Å²) in [6.07, 6.45) is 45.0. The fourth-order valence-electron chi connectivity index (χ4n) is 5.75. The second-order valence-corrected chi connectivity index (χ2v) is 16.4. The summed E-state index contributed by atoms with van der Waals surface area (Å²) in [7, 11) is -0.697. The molecule has 1 heterocycles. The molecule has 1 N–H and O–H groups in total. The molecule has 0 bridgehead atoms. The van der Waals surface area contributed by atoms with Gasteiger partial charge in [-0.15, -0.1) is 0 Å². The summed E-state index contributed by atoms with van der Waals surface area (Å²) < 4.78 is 0. The van der Waals surface area contributed by atoms with Crippen molar-refractivity contribution in [1.82, 2.24) is 15.2 Å². The molecule has 234 valence electrons. The Hall–Kier alpha value is -0.140. The number of aromatic nitrogens is 3. The topological polar surface area (TPSA) is 41.6 Å². The molecule has 0 amide bonds. The molecule has 0 atom stereocenters. The van der Waals surface area contributed by atoms with Gasteiger partial charge in [-0.1, -0.05) is 130 Å².